The molecule has 0 fully saturated rings. The third-order valence-electron chi connectivity index (χ3n) is 1.54. The van der Waals surface area contributed by atoms with Crippen molar-refractivity contribution < 1.29 is 4.92 Å². The molecule has 0 amide bonds. The number of nitrogens with two attached hydrogens (primary N) is 1. The molecule has 66 valence electrons. The Morgan fingerprint density at radius 3 is 3.00 bits per heavy atom. The minimum absolute atomic E-state index is 0.0441. The molecule has 7 heteroatoms. The van der Waals surface area contributed by atoms with Crippen LogP contribution in [0.25, 0.3) is 5.65 Å². The second-order valence-electron chi connectivity index (χ2n) is 2.42. The van der Waals surface area contributed by atoms with Gasteiger partial charge in [0, 0.05) is 6.07 Å². The Hall–Kier alpha value is -2.18. The lowest BCUT2D eigenvalue weighted by Gasteiger charge is -1.90. The Balaban J connectivity index is 2.67. The number of fused-ring (bicyclic) bond motifs is 1. The maximum atomic E-state index is 10.4. The molecule has 0 aliphatic rings. The zero-order chi connectivity index (χ0) is 9.42. The van der Waals surface area contributed by atoms with Crippen molar-refractivity contribution in [3.63, 3.8) is 0 Å². The van der Waals surface area contributed by atoms with Crippen LogP contribution in [0.1, 0.15) is 0 Å². The molecule has 0 saturated heterocycles. The van der Waals surface area contributed by atoms with E-state index in [4.69, 9.17) is 5.73 Å². The minimum atomic E-state index is -0.503. The zero-order valence-corrected chi connectivity index (χ0v) is 6.41. The van der Waals surface area contributed by atoms with Gasteiger partial charge in [-0.1, -0.05) is 0 Å². The third-order valence-corrected chi connectivity index (χ3v) is 1.54. The number of anilines is 1. The molecule has 2 aromatic heterocycles. The summed E-state index contributed by atoms with van der Waals surface area (Å²) in [7, 11) is 0. The fourth-order valence-electron chi connectivity index (χ4n) is 0.997. The predicted octanol–water partition coefficient (Wildman–Crippen LogP) is 0.220. The summed E-state index contributed by atoms with van der Waals surface area (Å²) >= 11 is 0. The lowest BCUT2D eigenvalue weighted by molar-refractivity contribution is -0.385. The number of nitrogen functional groups attached to an aromatic ring is 1. The van der Waals surface area contributed by atoms with E-state index in [2.05, 4.69) is 10.1 Å². The maximum absolute atomic E-state index is 10.4. The smallest absolute Gasteiger partial charge is 0.287 e. The van der Waals surface area contributed by atoms with Crippen molar-refractivity contribution in [2.24, 2.45) is 0 Å². The first-order valence-electron chi connectivity index (χ1n) is 3.43. The molecule has 0 atom stereocenters. The van der Waals surface area contributed by atoms with Gasteiger partial charge in [0.05, 0.1) is 4.92 Å². The van der Waals surface area contributed by atoms with Crippen molar-refractivity contribution >= 4 is 17.3 Å². The number of hydrogen-bond acceptors (Lipinski definition) is 5. The van der Waals surface area contributed by atoms with Gasteiger partial charge < -0.3 is 5.73 Å². The van der Waals surface area contributed by atoms with Gasteiger partial charge in [0.15, 0.2) is 5.65 Å². The molecule has 2 aromatic rings. The standard InChI is InChI=1S/C6H5N5O2/c7-6-8-5-2-1-4(11(12)13)3-10(5)9-6/h1-3H,(H2,7,9). The molecule has 2 heterocycles. The highest BCUT2D eigenvalue weighted by molar-refractivity contribution is 5.45. The van der Waals surface area contributed by atoms with Crippen LogP contribution in [-0.4, -0.2) is 19.5 Å². The molecule has 0 radical (unpaired) electrons. The molecule has 0 aromatic carbocycles. The minimum Gasteiger partial charge on any atom is -0.366 e. The first-order chi connectivity index (χ1) is 6.16. The summed E-state index contributed by atoms with van der Waals surface area (Å²) in [6, 6.07) is 2.84. The maximum Gasteiger partial charge on any atom is 0.287 e. The number of nitrogens with zero attached hydrogens (tertiary/aromatic N) is 4. The molecular formula is C6H5N5O2. The summed E-state index contributed by atoms with van der Waals surface area (Å²) in [6.45, 7) is 0. The average Bonchev–Trinajstić information content (AvgIpc) is 2.42. The van der Waals surface area contributed by atoms with Crippen LogP contribution < -0.4 is 5.73 Å². The molecule has 0 aliphatic heterocycles. The van der Waals surface area contributed by atoms with Gasteiger partial charge >= 0.3 is 0 Å². The predicted molar refractivity (Wildman–Crippen MR) is 44.1 cm³/mol. The number of hydrogen-bond donors (Lipinski definition) is 1. The topological polar surface area (TPSA) is 99.3 Å². The molecule has 0 unspecified atom stereocenters. The van der Waals surface area contributed by atoms with Crippen molar-refractivity contribution in [2.45, 2.75) is 0 Å². The molecule has 0 saturated carbocycles. The lowest BCUT2D eigenvalue weighted by Crippen LogP contribution is -1.93. The molecule has 13 heavy (non-hydrogen) atoms. The van der Waals surface area contributed by atoms with Crippen molar-refractivity contribution in [2.75, 3.05) is 5.73 Å². The highest BCUT2D eigenvalue weighted by Crippen LogP contribution is 2.11. The first-order valence-corrected chi connectivity index (χ1v) is 3.43. The van der Waals surface area contributed by atoms with Gasteiger partial charge in [0.25, 0.3) is 5.69 Å². The molecule has 0 spiro atoms. The van der Waals surface area contributed by atoms with E-state index < -0.39 is 4.92 Å². The number of aromatic nitrogens is 3. The number of rotatable bonds is 1. The van der Waals surface area contributed by atoms with Crippen LogP contribution in [0.3, 0.4) is 0 Å². The highest BCUT2D eigenvalue weighted by atomic mass is 16.6. The molecule has 2 rings (SSSR count). The van der Waals surface area contributed by atoms with Crippen molar-refractivity contribution in [1.82, 2.24) is 14.6 Å². The highest BCUT2D eigenvalue weighted by Gasteiger charge is 2.07. The van der Waals surface area contributed by atoms with Crippen LogP contribution in [0.2, 0.25) is 0 Å². The second-order valence-corrected chi connectivity index (χ2v) is 2.42. The normalized spacial score (nSPS) is 10.5. The number of pyridine rings is 1. The Labute approximate surface area is 72.0 Å². The van der Waals surface area contributed by atoms with Gasteiger partial charge in [0.2, 0.25) is 5.95 Å². The van der Waals surface area contributed by atoms with E-state index in [1.165, 1.54) is 22.8 Å². The van der Waals surface area contributed by atoms with E-state index >= 15 is 0 Å². The summed E-state index contributed by atoms with van der Waals surface area (Å²) in [5, 5.41) is 14.1. The molecule has 0 bridgehead atoms. The van der Waals surface area contributed by atoms with Gasteiger partial charge in [0.1, 0.15) is 6.20 Å². The van der Waals surface area contributed by atoms with Gasteiger partial charge in [-0.3, -0.25) is 10.1 Å². The Kier molecular flexibility index (Phi) is 1.38. The van der Waals surface area contributed by atoms with E-state index in [1.807, 2.05) is 0 Å². The fraction of sp³-hybridized carbons (Fsp3) is 0. The average molecular weight is 179 g/mol. The molecular weight excluding hydrogens is 174 g/mol. The van der Waals surface area contributed by atoms with Crippen LogP contribution >= 0.6 is 0 Å². The summed E-state index contributed by atoms with van der Waals surface area (Å²) in [5.74, 6) is 0.0977. The van der Waals surface area contributed by atoms with Crippen LogP contribution in [-0.2, 0) is 0 Å². The molecule has 2 N–H and O–H groups in total. The van der Waals surface area contributed by atoms with Crippen LogP contribution in [0.4, 0.5) is 11.6 Å². The van der Waals surface area contributed by atoms with Crippen LogP contribution in [0.5, 0.6) is 0 Å². The quantitative estimate of drug-likeness (QED) is 0.498. The fourth-order valence-corrected chi connectivity index (χ4v) is 0.997. The SMILES string of the molecule is Nc1nc2ccc([N+](=O)[O-])cn2n1. The van der Waals surface area contributed by atoms with E-state index in [0.29, 0.717) is 5.65 Å². The van der Waals surface area contributed by atoms with E-state index in [9.17, 15) is 10.1 Å². The monoisotopic (exact) mass is 179 g/mol. The lowest BCUT2D eigenvalue weighted by atomic mass is 10.4. The van der Waals surface area contributed by atoms with Gasteiger partial charge in [-0.2, -0.15) is 4.98 Å². The Bertz CT molecular complexity index is 477. The van der Waals surface area contributed by atoms with Crippen LogP contribution in [0, 0.1) is 10.1 Å². The zero-order valence-electron chi connectivity index (χ0n) is 6.41. The van der Waals surface area contributed by atoms with E-state index in [0.717, 1.165) is 0 Å². The molecule has 0 aliphatic carbocycles. The largest absolute Gasteiger partial charge is 0.366 e. The van der Waals surface area contributed by atoms with E-state index in [1.54, 1.807) is 0 Å². The van der Waals surface area contributed by atoms with Crippen LogP contribution in [0.15, 0.2) is 18.3 Å². The van der Waals surface area contributed by atoms with Crippen molar-refractivity contribution in [3.8, 4) is 0 Å². The van der Waals surface area contributed by atoms with Crippen molar-refractivity contribution in [1.29, 1.82) is 0 Å². The first kappa shape index (κ1) is 7.47. The Morgan fingerprint density at radius 2 is 2.31 bits per heavy atom. The molecule has 7 nitrogen and oxygen atoms in total. The second kappa shape index (κ2) is 2.41. The van der Waals surface area contributed by atoms with E-state index in [-0.39, 0.29) is 11.6 Å². The summed E-state index contributed by atoms with van der Waals surface area (Å²) in [6.07, 6.45) is 1.26. The van der Waals surface area contributed by atoms with Gasteiger partial charge in [-0.05, 0) is 6.07 Å². The van der Waals surface area contributed by atoms with Gasteiger partial charge in [-0.25, -0.2) is 4.52 Å². The van der Waals surface area contributed by atoms with Crippen molar-refractivity contribution in [3.05, 3.63) is 28.4 Å². The number of nitro groups is 1. The summed E-state index contributed by atoms with van der Waals surface area (Å²) < 4.78 is 1.27. The summed E-state index contributed by atoms with van der Waals surface area (Å²) in [5.41, 5.74) is 5.75. The summed E-state index contributed by atoms with van der Waals surface area (Å²) in [4.78, 5) is 13.7. The third kappa shape index (κ3) is 1.15. The Morgan fingerprint density at radius 1 is 1.54 bits per heavy atom. The van der Waals surface area contributed by atoms with Gasteiger partial charge in [-0.15, -0.1) is 5.10 Å².